The van der Waals surface area contributed by atoms with Gasteiger partial charge >= 0.3 is 14.3 Å². The van der Waals surface area contributed by atoms with Gasteiger partial charge in [0.05, 0.1) is 31.1 Å². The van der Waals surface area contributed by atoms with Gasteiger partial charge in [-0.05, 0) is 28.9 Å². The van der Waals surface area contributed by atoms with Gasteiger partial charge in [-0.15, -0.1) is 0 Å². The minimum absolute atomic E-state index is 0.0174. The number of halogens is 2. The van der Waals surface area contributed by atoms with Gasteiger partial charge < -0.3 is 9.26 Å². The Labute approximate surface area is 218 Å². The second kappa shape index (κ2) is 12.6. The van der Waals surface area contributed by atoms with Gasteiger partial charge in [0.2, 0.25) is 5.82 Å². The number of fused-ring (bicyclic) bond motifs is 1. The summed E-state index contributed by atoms with van der Waals surface area (Å²) in [6.07, 6.45) is 0.700. The number of ether oxygens (including phenoxy) is 1. The maximum Gasteiger partial charge on any atom is 0.397 e. The van der Waals surface area contributed by atoms with Crippen LogP contribution in [0.1, 0.15) is 78.5 Å². The van der Waals surface area contributed by atoms with E-state index in [2.05, 4.69) is 0 Å². The Kier molecular flexibility index (Phi) is 10.6. The van der Waals surface area contributed by atoms with Crippen molar-refractivity contribution in [2.24, 2.45) is 0 Å². The molecule has 0 saturated carbocycles. The van der Waals surface area contributed by atoms with Crippen LogP contribution in [0.5, 0.6) is 5.75 Å². The van der Waals surface area contributed by atoms with Crippen LogP contribution in [-0.2, 0) is 37.8 Å². The molecule has 37 heavy (non-hydrogen) atoms. The summed E-state index contributed by atoms with van der Waals surface area (Å²) >= 11 is 0. The summed E-state index contributed by atoms with van der Waals surface area (Å²) in [7, 11) is -0.331. The van der Waals surface area contributed by atoms with E-state index in [1.807, 2.05) is 66.4 Å². The third-order valence-corrected chi connectivity index (χ3v) is 6.79. The van der Waals surface area contributed by atoms with Gasteiger partial charge in [0.25, 0.3) is 5.56 Å². The Morgan fingerprint density at radius 1 is 1.11 bits per heavy atom. The van der Waals surface area contributed by atoms with Crippen molar-refractivity contribution in [1.82, 2.24) is 9.55 Å². The van der Waals surface area contributed by atoms with E-state index in [0.29, 0.717) is 23.3 Å². The molecule has 3 rings (SSSR count). The highest BCUT2D eigenvalue weighted by molar-refractivity contribution is 7.42. The second-order valence-electron chi connectivity index (χ2n) is 10.6. The predicted molar refractivity (Wildman–Crippen MR) is 140 cm³/mol. The molecule has 0 amide bonds. The average Bonchev–Trinajstić information content (AvgIpc) is 2.82. The van der Waals surface area contributed by atoms with Gasteiger partial charge in [0.15, 0.2) is 0 Å². The van der Waals surface area contributed by atoms with E-state index in [1.165, 1.54) is 7.11 Å². The Balaban J connectivity index is 0.00000235. The normalized spacial score (nSPS) is 16.4. The molecule has 0 fully saturated rings. The second-order valence-corrected chi connectivity index (χ2v) is 11.7. The van der Waals surface area contributed by atoms with Crippen molar-refractivity contribution in [2.75, 3.05) is 13.7 Å². The van der Waals surface area contributed by atoms with Crippen molar-refractivity contribution in [1.29, 1.82) is 0 Å². The summed E-state index contributed by atoms with van der Waals surface area (Å²) in [5.74, 6) is -0.925. The number of aryl methyl sites for hydroxylation is 1. The predicted octanol–water partition coefficient (Wildman–Crippen LogP) is 5.69. The zero-order valence-corrected chi connectivity index (χ0v) is 24.1. The van der Waals surface area contributed by atoms with Gasteiger partial charge in [-0.1, -0.05) is 55.4 Å². The van der Waals surface area contributed by atoms with E-state index in [-0.39, 0.29) is 36.4 Å². The van der Waals surface area contributed by atoms with Gasteiger partial charge in [-0.25, -0.2) is 9.18 Å². The maximum atomic E-state index is 15.4. The summed E-state index contributed by atoms with van der Waals surface area (Å²) in [6.45, 7) is 16.2. The highest BCUT2D eigenvalue weighted by Crippen LogP contribution is 2.52. The molecule has 1 aliphatic heterocycles. The van der Waals surface area contributed by atoms with E-state index in [9.17, 15) is 14.0 Å². The molecular formula is C26H39F2N2O6P. The monoisotopic (exact) mass is 544 g/mol. The molecule has 1 aromatic heterocycles. The molecular weight excluding hydrogens is 505 g/mol. The fourth-order valence-electron chi connectivity index (χ4n) is 3.66. The van der Waals surface area contributed by atoms with Crippen LogP contribution in [0.2, 0.25) is 0 Å². The molecule has 208 valence electrons. The lowest BCUT2D eigenvalue weighted by atomic mass is 9.78. The molecule has 1 aromatic carbocycles. The smallest absolute Gasteiger partial charge is 0.397 e. The van der Waals surface area contributed by atoms with E-state index in [1.54, 1.807) is 0 Å². The molecule has 0 aliphatic carbocycles. The highest BCUT2D eigenvalue weighted by Gasteiger charge is 2.35. The van der Waals surface area contributed by atoms with Crippen molar-refractivity contribution >= 4 is 8.60 Å². The van der Waals surface area contributed by atoms with Gasteiger partial charge in [-0.3, -0.25) is 23.4 Å². The number of aromatic amines is 1. The van der Waals surface area contributed by atoms with Crippen LogP contribution in [0, 0.1) is 11.6 Å². The molecule has 0 spiro atoms. The molecule has 8 nitrogen and oxygen atoms in total. The van der Waals surface area contributed by atoms with Crippen LogP contribution < -0.4 is 15.8 Å². The Hall–Kier alpha value is -2.13. The molecule has 1 N–H and O–H groups in total. The summed E-state index contributed by atoms with van der Waals surface area (Å²) in [5.41, 5.74) is -0.598. The first kappa shape index (κ1) is 31.1. The minimum Gasteiger partial charge on any atom is -0.426 e. The van der Waals surface area contributed by atoms with Crippen LogP contribution in [0.4, 0.5) is 8.78 Å². The molecule has 11 heteroatoms. The third-order valence-electron chi connectivity index (χ3n) is 5.76. The van der Waals surface area contributed by atoms with Crippen LogP contribution in [0.25, 0.3) is 0 Å². The van der Waals surface area contributed by atoms with Crippen LogP contribution in [0.15, 0.2) is 21.9 Å². The minimum atomic E-state index is -1.81. The summed E-state index contributed by atoms with van der Waals surface area (Å²) in [5, 5.41) is 0. The zero-order valence-electron chi connectivity index (χ0n) is 23.2. The lowest BCUT2D eigenvalue weighted by Crippen LogP contribution is -2.32. The van der Waals surface area contributed by atoms with E-state index < -0.39 is 31.8 Å². The van der Waals surface area contributed by atoms with E-state index in [0.717, 1.165) is 16.3 Å². The zero-order chi connectivity index (χ0) is 28.1. The topological polar surface area (TPSA) is 91.8 Å². The average molecular weight is 545 g/mol. The number of nitrogens with zero attached hydrogens (tertiary/aromatic N) is 1. The number of benzene rings is 1. The number of rotatable bonds is 7. The highest BCUT2D eigenvalue weighted by atomic mass is 31.2. The fraction of sp³-hybridized carbons (Fsp3) is 0.615. The van der Waals surface area contributed by atoms with Crippen molar-refractivity contribution < 1.29 is 27.1 Å². The number of hydrogen-bond acceptors (Lipinski definition) is 6. The SMILES string of the molecule is CC.COC(CCn1cc(F)c(=O)[nH]c1=O)COP1OCc2c(F)c(C(C)(C)C)cc(C(C)(C)C)c2O1. The Morgan fingerprint density at radius 2 is 1.73 bits per heavy atom. The fourth-order valence-corrected chi connectivity index (χ4v) is 4.72. The van der Waals surface area contributed by atoms with Crippen molar-refractivity contribution in [3.8, 4) is 5.75 Å². The van der Waals surface area contributed by atoms with Gasteiger partial charge in [0, 0.05) is 19.2 Å². The van der Waals surface area contributed by atoms with Crippen molar-refractivity contribution in [2.45, 2.75) is 91.9 Å². The largest absolute Gasteiger partial charge is 0.426 e. The van der Waals surface area contributed by atoms with Crippen molar-refractivity contribution in [3.05, 3.63) is 61.4 Å². The number of hydrogen-bond donors (Lipinski definition) is 1. The van der Waals surface area contributed by atoms with Gasteiger partial charge in [-0.2, -0.15) is 4.39 Å². The molecule has 0 bridgehead atoms. The van der Waals surface area contributed by atoms with Crippen LogP contribution in [-0.4, -0.2) is 29.4 Å². The number of H-pyrrole nitrogens is 1. The molecule has 0 radical (unpaired) electrons. The maximum absolute atomic E-state index is 15.4. The lowest BCUT2D eigenvalue weighted by molar-refractivity contribution is 0.0396. The first-order chi connectivity index (χ1) is 17.2. The summed E-state index contributed by atoms with van der Waals surface area (Å²) in [6, 6.07) is 1.87. The quantitative estimate of drug-likeness (QED) is 0.450. The molecule has 2 heterocycles. The van der Waals surface area contributed by atoms with Crippen molar-refractivity contribution in [3.63, 3.8) is 0 Å². The molecule has 0 saturated heterocycles. The van der Waals surface area contributed by atoms with E-state index in [4.69, 9.17) is 18.3 Å². The third kappa shape index (κ3) is 7.69. The first-order valence-electron chi connectivity index (χ1n) is 12.3. The Bertz CT molecular complexity index is 1180. The number of methoxy groups -OCH3 is 1. The van der Waals surface area contributed by atoms with Gasteiger partial charge in [0.1, 0.15) is 11.6 Å². The molecule has 2 atom stereocenters. The molecule has 2 aromatic rings. The lowest BCUT2D eigenvalue weighted by Gasteiger charge is -2.33. The molecule has 1 aliphatic rings. The Morgan fingerprint density at radius 3 is 2.30 bits per heavy atom. The molecule has 2 unspecified atom stereocenters. The summed E-state index contributed by atoms with van der Waals surface area (Å²) < 4.78 is 52.9. The number of aromatic nitrogens is 2. The van der Waals surface area contributed by atoms with E-state index >= 15 is 4.39 Å². The standard InChI is InChI=1S/C24H33F2N2O6P.C2H6/c1-23(2,3)16-10-17(24(4,5)6)20-15(19(16)26)13-33-35(34-20)32-12-14(31-7)8-9-28-11-18(25)21(29)27-22(28)30;1-2/h10-11,14H,8-9,12-13H2,1-7H3,(H,27,29,30);1-2H3. The van der Waals surface area contributed by atoms with Crippen LogP contribution >= 0.6 is 8.60 Å². The number of nitrogens with one attached hydrogen (secondary N) is 1. The summed E-state index contributed by atoms with van der Waals surface area (Å²) in [4.78, 5) is 24.9. The van der Waals surface area contributed by atoms with Crippen LogP contribution in [0.3, 0.4) is 0 Å². The first-order valence-corrected chi connectivity index (χ1v) is 13.4.